The molecule has 24 heavy (non-hydrogen) atoms. The first-order valence-corrected chi connectivity index (χ1v) is 8.15. The summed E-state index contributed by atoms with van der Waals surface area (Å²) in [5.41, 5.74) is 2.16. The van der Waals surface area contributed by atoms with Crippen LogP contribution in [0.1, 0.15) is 18.4 Å². The summed E-state index contributed by atoms with van der Waals surface area (Å²) in [6.45, 7) is 1.88. The second kappa shape index (κ2) is 6.57. The number of hydrogen-bond acceptors (Lipinski definition) is 5. The zero-order chi connectivity index (χ0) is 17.4. The van der Waals surface area contributed by atoms with Crippen LogP contribution in [0.25, 0.3) is 0 Å². The summed E-state index contributed by atoms with van der Waals surface area (Å²) in [6.07, 6.45) is 0. The number of ether oxygens (including phenoxy) is 2. The molecule has 2 aliphatic heterocycles. The molecular formula is C17H15BrFNO4. The van der Waals surface area contributed by atoms with Crippen molar-refractivity contribution in [3.05, 3.63) is 45.3 Å². The minimum atomic E-state index is -0.729. The molecule has 7 heteroatoms. The Morgan fingerprint density at radius 1 is 1.42 bits per heavy atom. The van der Waals surface area contributed by atoms with E-state index in [9.17, 15) is 14.0 Å². The summed E-state index contributed by atoms with van der Waals surface area (Å²) < 4.78 is 24.0. The maximum atomic E-state index is 13.6. The van der Waals surface area contributed by atoms with Crippen LogP contribution < -0.4 is 0 Å². The Bertz CT molecular complexity index is 787. The largest absolute Gasteiger partial charge is 0.468 e. The highest BCUT2D eigenvalue weighted by Crippen LogP contribution is 2.42. The lowest BCUT2D eigenvalue weighted by molar-refractivity contribution is -0.143. The fourth-order valence-electron chi connectivity index (χ4n) is 3.19. The van der Waals surface area contributed by atoms with Crippen molar-refractivity contribution < 1.29 is 23.5 Å². The SMILES string of the molecule is COC(=O)C1C(C)=NC2=C(C(=O)COC2)C1c1ccc(F)c(Br)c1. The van der Waals surface area contributed by atoms with E-state index < -0.39 is 23.6 Å². The Kier molecular flexibility index (Phi) is 4.64. The third-order valence-electron chi connectivity index (χ3n) is 4.25. The molecule has 126 valence electrons. The number of benzene rings is 1. The van der Waals surface area contributed by atoms with E-state index in [0.717, 1.165) is 0 Å². The van der Waals surface area contributed by atoms with E-state index in [2.05, 4.69) is 20.9 Å². The normalized spacial score (nSPS) is 23.7. The summed E-state index contributed by atoms with van der Waals surface area (Å²) in [7, 11) is 1.29. The zero-order valence-corrected chi connectivity index (χ0v) is 14.7. The number of nitrogens with zero attached hydrogens (tertiary/aromatic N) is 1. The second-order valence-electron chi connectivity index (χ2n) is 5.68. The van der Waals surface area contributed by atoms with Crippen LogP contribution in [0.5, 0.6) is 0 Å². The van der Waals surface area contributed by atoms with Gasteiger partial charge in [0.25, 0.3) is 0 Å². The highest BCUT2D eigenvalue weighted by Gasteiger charge is 2.43. The molecule has 0 fully saturated rings. The molecule has 2 heterocycles. The number of Topliss-reactive ketones (excluding diaryl/α,β-unsaturated/α-hetero) is 1. The Balaban J connectivity index is 2.20. The second-order valence-corrected chi connectivity index (χ2v) is 6.54. The van der Waals surface area contributed by atoms with Gasteiger partial charge in [-0.3, -0.25) is 14.6 Å². The predicted molar refractivity (Wildman–Crippen MR) is 88.3 cm³/mol. The number of aliphatic imine (C=N–C) groups is 1. The summed E-state index contributed by atoms with van der Waals surface area (Å²) in [5, 5.41) is 0. The van der Waals surface area contributed by atoms with Gasteiger partial charge >= 0.3 is 5.97 Å². The van der Waals surface area contributed by atoms with Gasteiger partial charge in [0.1, 0.15) is 18.3 Å². The molecule has 2 atom stereocenters. The molecule has 2 unspecified atom stereocenters. The number of hydrogen-bond donors (Lipinski definition) is 0. The summed E-state index contributed by atoms with van der Waals surface area (Å²) in [6, 6.07) is 4.47. The van der Waals surface area contributed by atoms with Gasteiger partial charge < -0.3 is 9.47 Å². The fraction of sp³-hybridized carbons (Fsp3) is 0.353. The van der Waals surface area contributed by atoms with Crippen molar-refractivity contribution in [1.29, 1.82) is 0 Å². The monoisotopic (exact) mass is 395 g/mol. The Hall–Kier alpha value is -1.86. The number of methoxy groups -OCH3 is 1. The van der Waals surface area contributed by atoms with Crippen LogP contribution in [0.15, 0.2) is 38.9 Å². The van der Waals surface area contributed by atoms with Crippen molar-refractivity contribution in [1.82, 2.24) is 0 Å². The van der Waals surface area contributed by atoms with E-state index in [1.54, 1.807) is 19.1 Å². The van der Waals surface area contributed by atoms with E-state index in [4.69, 9.17) is 9.47 Å². The quantitative estimate of drug-likeness (QED) is 0.722. The van der Waals surface area contributed by atoms with E-state index in [-0.39, 0.29) is 23.5 Å². The van der Waals surface area contributed by atoms with Crippen molar-refractivity contribution in [2.45, 2.75) is 12.8 Å². The number of carbonyl (C=O) groups excluding carboxylic acids is 2. The lowest BCUT2D eigenvalue weighted by Crippen LogP contribution is -2.39. The average Bonchev–Trinajstić information content (AvgIpc) is 2.55. The van der Waals surface area contributed by atoms with Gasteiger partial charge in [-0.05, 0) is 40.5 Å². The van der Waals surface area contributed by atoms with Gasteiger partial charge in [-0.2, -0.15) is 0 Å². The lowest BCUT2D eigenvalue weighted by atomic mass is 9.74. The Morgan fingerprint density at radius 2 is 2.17 bits per heavy atom. The molecule has 0 amide bonds. The smallest absolute Gasteiger partial charge is 0.315 e. The molecule has 0 aliphatic carbocycles. The van der Waals surface area contributed by atoms with Crippen LogP contribution in [0, 0.1) is 11.7 Å². The van der Waals surface area contributed by atoms with Crippen molar-refractivity contribution in [2.24, 2.45) is 10.9 Å². The highest BCUT2D eigenvalue weighted by atomic mass is 79.9. The minimum absolute atomic E-state index is 0.0554. The number of carbonyl (C=O) groups is 2. The van der Waals surface area contributed by atoms with E-state index in [0.29, 0.717) is 22.5 Å². The molecule has 0 saturated carbocycles. The van der Waals surface area contributed by atoms with E-state index in [1.807, 2.05) is 0 Å². The van der Waals surface area contributed by atoms with Gasteiger partial charge in [0.05, 0.1) is 23.9 Å². The molecule has 3 rings (SSSR count). The molecule has 0 aromatic heterocycles. The molecule has 0 N–H and O–H groups in total. The molecule has 0 radical (unpaired) electrons. The number of halogens is 2. The zero-order valence-electron chi connectivity index (χ0n) is 13.1. The van der Waals surface area contributed by atoms with Gasteiger partial charge in [0, 0.05) is 17.2 Å². The van der Waals surface area contributed by atoms with Crippen molar-refractivity contribution in [3.63, 3.8) is 0 Å². The van der Waals surface area contributed by atoms with E-state index >= 15 is 0 Å². The molecular weight excluding hydrogens is 381 g/mol. The standard InChI is InChI=1S/C17H15BrFNO4/c1-8-14(17(22)23-2)15(9-3-4-11(19)10(18)5-9)16-12(20-8)6-24-7-13(16)21/h3-5,14-15H,6-7H2,1-2H3. The Morgan fingerprint density at radius 3 is 2.83 bits per heavy atom. The third kappa shape index (κ3) is 2.82. The molecule has 0 spiro atoms. The topological polar surface area (TPSA) is 65.0 Å². The maximum Gasteiger partial charge on any atom is 0.315 e. The van der Waals surface area contributed by atoms with Crippen molar-refractivity contribution in [3.8, 4) is 0 Å². The molecule has 0 saturated heterocycles. The maximum absolute atomic E-state index is 13.6. The summed E-state index contributed by atoms with van der Waals surface area (Å²) >= 11 is 3.16. The predicted octanol–water partition coefficient (Wildman–Crippen LogP) is 2.79. The summed E-state index contributed by atoms with van der Waals surface area (Å²) in [5.74, 6) is -2.41. The van der Waals surface area contributed by atoms with Gasteiger partial charge in [-0.1, -0.05) is 6.07 Å². The van der Waals surface area contributed by atoms with Gasteiger partial charge in [0.2, 0.25) is 0 Å². The molecule has 0 bridgehead atoms. The van der Waals surface area contributed by atoms with Crippen LogP contribution in [-0.4, -0.2) is 37.8 Å². The van der Waals surface area contributed by atoms with Gasteiger partial charge in [-0.15, -0.1) is 0 Å². The molecule has 1 aromatic rings. The minimum Gasteiger partial charge on any atom is -0.468 e. The number of rotatable bonds is 2. The van der Waals surface area contributed by atoms with Crippen LogP contribution in [-0.2, 0) is 19.1 Å². The molecule has 2 aliphatic rings. The van der Waals surface area contributed by atoms with Gasteiger partial charge in [0.15, 0.2) is 5.78 Å². The first kappa shape index (κ1) is 17.0. The van der Waals surface area contributed by atoms with Crippen molar-refractivity contribution >= 4 is 33.4 Å². The number of ketones is 1. The Labute approximate surface area is 146 Å². The first-order chi connectivity index (χ1) is 11.4. The van der Waals surface area contributed by atoms with Crippen LogP contribution >= 0.6 is 15.9 Å². The summed E-state index contributed by atoms with van der Waals surface area (Å²) in [4.78, 5) is 29.2. The van der Waals surface area contributed by atoms with Crippen LogP contribution in [0.3, 0.4) is 0 Å². The average molecular weight is 396 g/mol. The molecule has 1 aromatic carbocycles. The lowest BCUT2D eigenvalue weighted by Gasteiger charge is -2.34. The van der Waals surface area contributed by atoms with Gasteiger partial charge in [-0.25, -0.2) is 4.39 Å². The highest BCUT2D eigenvalue weighted by molar-refractivity contribution is 9.10. The first-order valence-electron chi connectivity index (χ1n) is 7.36. The molecule has 5 nitrogen and oxygen atoms in total. The van der Waals surface area contributed by atoms with E-state index in [1.165, 1.54) is 13.2 Å². The van der Waals surface area contributed by atoms with Crippen LogP contribution in [0.4, 0.5) is 4.39 Å². The number of esters is 1. The fourth-order valence-corrected chi connectivity index (χ4v) is 3.59. The van der Waals surface area contributed by atoms with Crippen molar-refractivity contribution in [2.75, 3.05) is 20.3 Å². The van der Waals surface area contributed by atoms with Crippen LogP contribution in [0.2, 0.25) is 0 Å². The third-order valence-corrected chi connectivity index (χ3v) is 4.85.